The summed E-state index contributed by atoms with van der Waals surface area (Å²) >= 11 is 0. The zero-order valence-corrected chi connectivity index (χ0v) is 15.7. The third-order valence-corrected chi connectivity index (χ3v) is 5.41. The van der Waals surface area contributed by atoms with Crippen LogP contribution in [0.3, 0.4) is 0 Å². The smallest absolute Gasteiger partial charge is 0.250 e. The number of aromatic nitrogens is 2. The molecule has 2 aromatic rings. The van der Waals surface area contributed by atoms with Gasteiger partial charge in [0, 0.05) is 15.0 Å². The molecule has 3 aliphatic heterocycles. The van der Waals surface area contributed by atoms with E-state index in [-0.39, 0.29) is 8.41 Å². The van der Waals surface area contributed by atoms with Crippen LogP contribution < -0.4 is 4.74 Å². The summed E-state index contributed by atoms with van der Waals surface area (Å²) in [5.41, 5.74) is 0.464. The molecular formula is C20H25BN3O3. The topological polar surface area (TPSA) is 71.6 Å². The van der Waals surface area contributed by atoms with Crippen molar-refractivity contribution in [2.75, 3.05) is 26.2 Å². The fraction of sp³-hybridized carbons (Fsp3) is 0.500. The summed E-state index contributed by atoms with van der Waals surface area (Å²) in [5.74, 6) is 2.32. The van der Waals surface area contributed by atoms with Gasteiger partial charge >= 0.3 is 0 Å². The van der Waals surface area contributed by atoms with E-state index in [1.165, 1.54) is 5.56 Å². The minimum Gasteiger partial charge on any atom is -0.491 e. The lowest BCUT2D eigenvalue weighted by molar-refractivity contribution is -0.131. The largest absolute Gasteiger partial charge is 0.491 e. The molecule has 3 radical (unpaired) electrons. The Balaban J connectivity index is 0.00000210. The van der Waals surface area contributed by atoms with Crippen LogP contribution in [-0.4, -0.2) is 60.4 Å². The predicted molar refractivity (Wildman–Crippen MR) is 104 cm³/mol. The van der Waals surface area contributed by atoms with E-state index < -0.39 is 5.60 Å². The number of allylic oxidation sites excluding steroid dienone is 1. The number of piperidine rings is 3. The number of hydrogen-bond donors (Lipinski definition) is 1. The molecule has 0 saturated carbocycles. The van der Waals surface area contributed by atoms with Crippen LogP contribution >= 0.6 is 0 Å². The molecule has 3 saturated heterocycles. The van der Waals surface area contributed by atoms with Crippen molar-refractivity contribution in [1.29, 1.82) is 0 Å². The summed E-state index contributed by atoms with van der Waals surface area (Å²) in [6, 6.07) is 8.01. The SMILES string of the molecule is Cc1noc(/C=C/Cc2ccc(OCC3(O)CN4CCC3CC4)cc2)n1.[B]. The van der Waals surface area contributed by atoms with E-state index in [2.05, 4.69) is 15.0 Å². The van der Waals surface area contributed by atoms with E-state index in [9.17, 15) is 5.11 Å². The van der Waals surface area contributed by atoms with Gasteiger partial charge in [0.05, 0.1) is 0 Å². The van der Waals surface area contributed by atoms with E-state index in [0.29, 0.717) is 24.2 Å². The van der Waals surface area contributed by atoms with Gasteiger partial charge in [-0.15, -0.1) is 0 Å². The molecule has 3 aliphatic rings. The van der Waals surface area contributed by atoms with E-state index in [1.807, 2.05) is 36.4 Å². The fourth-order valence-corrected chi connectivity index (χ4v) is 3.91. The van der Waals surface area contributed by atoms with Crippen molar-refractivity contribution in [2.24, 2.45) is 5.92 Å². The van der Waals surface area contributed by atoms with Crippen LogP contribution in [0, 0.1) is 12.8 Å². The first-order valence-corrected chi connectivity index (χ1v) is 9.24. The van der Waals surface area contributed by atoms with E-state index in [1.54, 1.807) is 6.92 Å². The van der Waals surface area contributed by atoms with Gasteiger partial charge in [0.25, 0.3) is 0 Å². The Morgan fingerprint density at radius 1 is 1.30 bits per heavy atom. The average Bonchev–Trinajstić information content (AvgIpc) is 3.07. The number of benzene rings is 1. The highest BCUT2D eigenvalue weighted by Crippen LogP contribution is 2.36. The number of ether oxygens (including phenoxy) is 1. The lowest BCUT2D eigenvalue weighted by Crippen LogP contribution is -2.61. The normalized spacial score (nSPS) is 26.9. The quantitative estimate of drug-likeness (QED) is 0.790. The minimum atomic E-state index is -0.708. The maximum Gasteiger partial charge on any atom is 0.250 e. The van der Waals surface area contributed by atoms with Gasteiger partial charge in [0.2, 0.25) is 5.89 Å². The van der Waals surface area contributed by atoms with Gasteiger partial charge in [0.1, 0.15) is 18.0 Å². The zero-order valence-electron chi connectivity index (χ0n) is 15.7. The molecule has 5 rings (SSSR count). The monoisotopic (exact) mass is 366 g/mol. The summed E-state index contributed by atoms with van der Waals surface area (Å²) in [5, 5.41) is 14.7. The van der Waals surface area contributed by atoms with Gasteiger partial charge in [-0.05, 0) is 69.0 Å². The standard InChI is InChI=1S/C20H25N3O3.B/c1-15-21-19(26-22-15)4-2-3-16-5-7-18(8-6-16)25-14-20(24)13-23-11-9-17(20)10-12-23;/h2,4-8,17,24H,3,9-14H2,1H3;/b4-2+;. The molecule has 6 nitrogen and oxygen atoms in total. The Hall–Kier alpha value is -2.12. The van der Waals surface area contributed by atoms with E-state index in [0.717, 1.165) is 44.6 Å². The summed E-state index contributed by atoms with van der Waals surface area (Å²) in [7, 11) is 0. The predicted octanol–water partition coefficient (Wildman–Crippen LogP) is 2.09. The Kier molecular flexibility index (Phi) is 6.02. The Bertz CT molecular complexity index is 769. The second kappa shape index (κ2) is 8.27. The molecule has 141 valence electrons. The number of fused-ring (bicyclic) bond motifs is 3. The molecule has 1 unspecified atom stereocenters. The van der Waals surface area contributed by atoms with Crippen LogP contribution in [0.5, 0.6) is 5.75 Å². The minimum absolute atomic E-state index is 0. The van der Waals surface area contributed by atoms with Crippen molar-refractivity contribution < 1.29 is 14.4 Å². The number of aryl methyl sites for hydroxylation is 1. The highest BCUT2D eigenvalue weighted by Gasteiger charge is 2.45. The molecule has 0 aliphatic carbocycles. The second-order valence-electron chi connectivity index (χ2n) is 7.37. The van der Waals surface area contributed by atoms with Crippen LogP contribution in [0.2, 0.25) is 0 Å². The van der Waals surface area contributed by atoms with Gasteiger partial charge in [-0.2, -0.15) is 4.98 Å². The third-order valence-electron chi connectivity index (χ3n) is 5.41. The summed E-state index contributed by atoms with van der Waals surface area (Å²) in [6.07, 6.45) is 6.75. The van der Waals surface area contributed by atoms with Crippen LogP contribution in [0.25, 0.3) is 6.08 Å². The van der Waals surface area contributed by atoms with Crippen molar-refractivity contribution in [2.45, 2.75) is 31.8 Å². The Morgan fingerprint density at radius 3 is 2.63 bits per heavy atom. The number of rotatable bonds is 6. The van der Waals surface area contributed by atoms with E-state index in [4.69, 9.17) is 9.26 Å². The van der Waals surface area contributed by atoms with Crippen molar-refractivity contribution in [3.8, 4) is 5.75 Å². The number of aliphatic hydroxyl groups is 1. The molecule has 1 aromatic heterocycles. The van der Waals surface area contributed by atoms with E-state index >= 15 is 0 Å². The molecule has 2 bridgehead atoms. The number of nitrogens with zero attached hydrogens (tertiary/aromatic N) is 3. The summed E-state index contributed by atoms with van der Waals surface area (Å²) < 4.78 is 11.0. The van der Waals surface area contributed by atoms with Crippen LogP contribution in [0.4, 0.5) is 0 Å². The maximum absolute atomic E-state index is 10.9. The third kappa shape index (κ3) is 4.60. The zero-order chi connectivity index (χ0) is 18.0. The van der Waals surface area contributed by atoms with Gasteiger partial charge in [-0.25, -0.2) is 0 Å². The highest BCUT2D eigenvalue weighted by atomic mass is 16.5. The van der Waals surface area contributed by atoms with Gasteiger partial charge in [0.15, 0.2) is 5.82 Å². The van der Waals surface area contributed by atoms with Crippen LogP contribution in [-0.2, 0) is 6.42 Å². The first-order chi connectivity index (χ1) is 12.6. The van der Waals surface area contributed by atoms with Crippen LogP contribution in [0.15, 0.2) is 34.9 Å². The number of hydrogen-bond acceptors (Lipinski definition) is 6. The molecule has 1 atom stereocenters. The Labute approximate surface area is 161 Å². The van der Waals surface area contributed by atoms with Crippen molar-refractivity contribution >= 4 is 14.5 Å². The molecule has 0 amide bonds. The molecular weight excluding hydrogens is 341 g/mol. The average molecular weight is 366 g/mol. The molecule has 1 N–H and O–H groups in total. The lowest BCUT2D eigenvalue weighted by Gasteiger charge is -2.50. The molecule has 27 heavy (non-hydrogen) atoms. The fourth-order valence-electron chi connectivity index (χ4n) is 3.91. The molecule has 7 heteroatoms. The molecule has 4 heterocycles. The molecule has 3 fully saturated rings. The summed E-state index contributed by atoms with van der Waals surface area (Å²) in [6.45, 7) is 5.11. The van der Waals surface area contributed by atoms with Crippen molar-refractivity contribution in [3.63, 3.8) is 0 Å². The Morgan fingerprint density at radius 2 is 2.04 bits per heavy atom. The maximum atomic E-state index is 10.9. The molecule has 0 spiro atoms. The lowest BCUT2D eigenvalue weighted by atomic mass is 9.76. The molecule has 1 aromatic carbocycles. The summed E-state index contributed by atoms with van der Waals surface area (Å²) in [4.78, 5) is 6.47. The van der Waals surface area contributed by atoms with Crippen LogP contribution in [0.1, 0.15) is 30.1 Å². The second-order valence-corrected chi connectivity index (χ2v) is 7.37. The first kappa shape index (κ1) is 19.6. The van der Waals surface area contributed by atoms with Crippen molar-refractivity contribution in [1.82, 2.24) is 15.0 Å². The van der Waals surface area contributed by atoms with Gasteiger partial charge in [-0.3, -0.25) is 0 Å². The first-order valence-electron chi connectivity index (χ1n) is 9.24. The van der Waals surface area contributed by atoms with Gasteiger partial charge in [-0.1, -0.05) is 23.4 Å². The van der Waals surface area contributed by atoms with Crippen molar-refractivity contribution in [3.05, 3.63) is 47.6 Å². The van der Waals surface area contributed by atoms with Gasteiger partial charge < -0.3 is 19.3 Å². The highest BCUT2D eigenvalue weighted by molar-refractivity contribution is 5.75.